The van der Waals surface area contributed by atoms with E-state index in [9.17, 15) is 22.7 Å². The average Bonchev–Trinajstić information content (AvgIpc) is 2.57. The molecule has 8 heteroatoms. The van der Waals surface area contributed by atoms with Crippen molar-refractivity contribution in [2.75, 3.05) is 6.54 Å². The highest BCUT2D eigenvalue weighted by molar-refractivity contribution is 5.79. The Morgan fingerprint density at radius 2 is 1.88 bits per heavy atom. The van der Waals surface area contributed by atoms with Crippen molar-refractivity contribution < 1.29 is 22.7 Å². The summed E-state index contributed by atoms with van der Waals surface area (Å²) in [6.07, 6.45) is -4.64. The molecule has 140 valence electrons. The molecule has 0 radical (unpaired) electrons. The van der Waals surface area contributed by atoms with E-state index in [1.807, 2.05) is 6.92 Å². The highest BCUT2D eigenvalue weighted by Gasteiger charge is 2.33. The van der Waals surface area contributed by atoms with Crippen LogP contribution in [0.4, 0.5) is 17.6 Å². The Labute approximate surface area is 148 Å². The van der Waals surface area contributed by atoms with Crippen LogP contribution in [0.15, 0.2) is 47.5 Å². The van der Waals surface area contributed by atoms with Crippen molar-refractivity contribution in [2.45, 2.75) is 26.2 Å². The van der Waals surface area contributed by atoms with E-state index in [1.165, 1.54) is 6.07 Å². The number of phenols is 1. The number of hydrogen-bond acceptors (Lipinski definition) is 2. The van der Waals surface area contributed by atoms with Gasteiger partial charge in [0.25, 0.3) is 0 Å². The lowest BCUT2D eigenvalue weighted by Gasteiger charge is -2.16. The summed E-state index contributed by atoms with van der Waals surface area (Å²) in [5, 5.41) is 15.2. The van der Waals surface area contributed by atoms with Crippen LogP contribution in [0.25, 0.3) is 0 Å². The smallest absolute Gasteiger partial charge is 0.416 e. The van der Waals surface area contributed by atoms with Crippen LogP contribution in [0.1, 0.15) is 23.6 Å². The summed E-state index contributed by atoms with van der Waals surface area (Å²) >= 11 is 0. The number of guanidine groups is 1. The van der Waals surface area contributed by atoms with Gasteiger partial charge in [-0.3, -0.25) is 0 Å². The first-order valence-corrected chi connectivity index (χ1v) is 7.95. The maximum atomic E-state index is 13.2. The zero-order valence-electron chi connectivity index (χ0n) is 14.1. The molecule has 2 rings (SSSR count). The molecule has 4 nitrogen and oxygen atoms in total. The highest BCUT2D eigenvalue weighted by atomic mass is 19.4. The van der Waals surface area contributed by atoms with Crippen molar-refractivity contribution in [3.05, 3.63) is 65.0 Å². The van der Waals surface area contributed by atoms with E-state index in [0.717, 1.165) is 17.7 Å². The summed E-state index contributed by atoms with van der Waals surface area (Å²) in [6, 6.07) is 9.10. The number of phenolic OH excluding ortho intramolecular Hbond substituents is 1. The predicted octanol–water partition coefficient (Wildman–Crippen LogP) is 3.81. The van der Waals surface area contributed by atoms with Gasteiger partial charge >= 0.3 is 6.18 Å². The number of hydrogen-bond donors (Lipinski definition) is 3. The third-order valence-electron chi connectivity index (χ3n) is 3.50. The van der Waals surface area contributed by atoms with Crippen LogP contribution in [0.3, 0.4) is 0 Å². The van der Waals surface area contributed by atoms with Crippen molar-refractivity contribution in [3.63, 3.8) is 0 Å². The molecular weight excluding hydrogens is 350 g/mol. The van der Waals surface area contributed by atoms with Gasteiger partial charge in [-0.05, 0) is 42.3 Å². The van der Waals surface area contributed by atoms with Gasteiger partial charge in [0.05, 0.1) is 12.1 Å². The number of aliphatic imine (C=N–C) groups is 1. The fourth-order valence-electron chi connectivity index (χ4n) is 2.31. The second-order valence-corrected chi connectivity index (χ2v) is 5.52. The Kier molecular flexibility index (Phi) is 6.43. The summed E-state index contributed by atoms with van der Waals surface area (Å²) < 4.78 is 52.3. The van der Waals surface area contributed by atoms with Gasteiger partial charge in [0.2, 0.25) is 0 Å². The molecule has 2 aromatic rings. The second-order valence-electron chi connectivity index (χ2n) is 5.52. The van der Waals surface area contributed by atoms with E-state index < -0.39 is 17.6 Å². The van der Waals surface area contributed by atoms with E-state index in [1.54, 1.807) is 18.2 Å². The van der Waals surface area contributed by atoms with Crippen LogP contribution in [-0.4, -0.2) is 17.6 Å². The van der Waals surface area contributed by atoms with E-state index in [4.69, 9.17) is 0 Å². The van der Waals surface area contributed by atoms with E-state index in [2.05, 4.69) is 15.6 Å². The number of nitrogens with zero attached hydrogens (tertiary/aromatic N) is 1. The Morgan fingerprint density at radius 1 is 1.12 bits per heavy atom. The van der Waals surface area contributed by atoms with Crippen molar-refractivity contribution in [1.29, 1.82) is 0 Å². The van der Waals surface area contributed by atoms with Gasteiger partial charge in [-0.2, -0.15) is 13.2 Å². The van der Waals surface area contributed by atoms with Crippen molar-refractivity contribution >= 4 is 5.96 Å². The largest absolute Gasteiger partial charge is 0.508 e. The zero-order valence-corrected chi connectivity index (χ0v) is 14.1. The molecule has 0 aliphatic carbocycles. The summed E-state index contributed by atoms with van der Waals surface area (Å²) in [5.74, 6) is -0.518. The molecule has 0 aromatic heterocycles. The quantitative estimate of drug-likeness (QED) is 0.427. The Bertz CT molecular complexity index is 775. The molecule has 0 spiro atoms. The Morgan fingerprint density at radius 3 is 2.54 bits per heavy atom. The Balaban J connectivity index is 2.12. The number of nitrogens with one attached hydrogen (secondary N) is 2. The van der Waals surface area contributed by atoms with Crippen LogP contribution >= 0.6 is 0 Å². The minimum absolute atomic E-state index is 0.0816. The van der Waals surface area contributed by atoms with Gasteiger partial charge in [-0.25, -0.2) is 9.38 Å². The average molecular weight is 369 g/mol. The SMILES string of the molecule is CCNC(=NCc1cccc(O)c1)NCc1ccc(F)cc1C(F)(F)F. The molecule has 2 aromatic carbocycles. The van der Waals surface area contributed by atoms with Crippen LogP contribution < -0.4 is 10.6 Å². The maximum Gasteiger partial charge on any atom is 0.416 e. The molecule has 26 heavy (non-hydrogen) atoms. The molecule has 0 aliphatic rings. The van der Waals surface area contributed by atoms with E-state index in [-0.39, 0.29) is 24.4 Å². The fourth-order valence-corrected chi connectivity index (χ4v) is 2.31. The number of aromatic hydroxyl groups is 1. The van der Waals surface area contributed by atoms with Gasteiger partial charge < -0.3 is 15.7 Å². The number of halogens is 4. The summed E-state index contributed by atoms with van der Waals surface area (Å²) in [4.78, 5) is 4.28. The third-order valence-corrected chi connectivity index (χ3v) is 3.50. The number of alkyl halides is 3. The first-order chi connectivity index (χ1) is 12.3. The van der Waals surface area contributed by atoms with Gasteiger partial charge in [0.15, 0.2) is 5.96 Å². The lowest BCUT2D eigenvalue weighted by atomic mass is 10.1. The first-order valence-electron chi connectivity index (χ1n) is 7.95. The minimum atomic E-state index is -4.64. The second kappa shape index (κ2) is 8.55. The van der Waals surface area contributed by atoms with Crippen molar-refractivity contribution in [2.24, 2.45) is 4.99 Å². The van der Waals surface area contributed by atoms with Crippen LogP contribution in [-0.2, 0) is 19.3 Å². The molecule has 0 heterocycles. The minimum Gasteiger partial charge on any atom is -0.508 e. The van der Waals surface area contributed by atoms with Gasteiger partial charge in [0.1, 0.15) is 11.6 Å². The Hall–Kier alpha value is -2.77. The van der Waals surface area contributed by atoms with Crippen LogP contribution in [0.2, 0.25) is 0 Å². The molecule has 0 saturated heterocycles. The lowest BCUT2D eigenvalue weighted by Crippen LogP contribution is -2.37. The summed E-state index contributed by atoms with van der Waals surface area (Å²) in [5.41, 5.74) is -0.351. The highest BCUT2D eigenvalue weighted by Crippen LogP contribution is 2.32. The molecule has 0 atom stereocenters. The lowest BCUT2D eigenvalue weighted by molar-refractivity contribution is -0.138. The van der Waals surface area contributed by atoms with Crippen LogP contribution in [0, 0.1) is 5.82 Å². The standard InChI is InChI=1S/C18H19F4N3O/c1-2-23-17(24-10-12-4-3-5-15(26)8-12)25-11-13-6-7-14(19)9-16(13)18(20,21)22/h3-9,26H,2,10-11H2,1H3,(H2,23,24,25). The zero-order chi connectivity index (χ0) is 19.2. The molecular formula is C18H19F4N3O. The molecule has 3 N–H and O–H groups in total. The molecule has 0 fully saturated rings. The molecule has 0 aliphatic heterocycles. The maximum absolute atomic E-state index is 13.2. The van der Waals surface area contributed by atoms with Gasteiger partial charge in [0, 0.05) is 13.1 Å². The van der Waals surface area contributed by atoms with Gasteiger partial charge in [-0.1, -0.05) is 18.2 Å². The summed E-state index contributed by atoms with van der Waals surface area (Å²) in [7, 11) is 0. The number of rotatable bonds is 5. The topological polar surface area (TPSA) is 56.7 Å². The van der Waals surface area contributed by atoms with Crippen molar-refractivity contribution in [3.8, 4) is 5.75 Å². The molecule has 0 saturated carbocycles. The van der Waals surface area contributed by atoms with Crippen LogP contribution in [0.5, 0.6) is 5.75 Å². The monoisotopic (exact) mass is 369 g/mol. The van der Waals surface area contributed by atoms with Crippen molar-refractivity contribution in [1.82, 2.24) is 10.6 Å². The number of benzene rings is 2. The molecule has 0 bridgehead atoms. The molecule has 0 unspecified atom stereocenters. The molecule has 0 amide bonds. The normalized spacial score (nSPS) is 12.1. The fraction of sp³-hybridized carbons (Fsp3) is 0.278. The first kappa shape index (κ1) is 19.6. The summed E-state index contributed by atoms with van der Waals surface area (Å²) in [6.45, 7) is 2.41. The predicted molar refractivity (Wildman–Crippen MR) is 91.2 cm³/mol. The van der Waals surface area contributed by atoms with Gasteiger partial charge in [-0.15, -0.1) is 0 Å². The van der Waals surface area contributed by atoms with E-state index in [0.29, 0.717) is 18.6 Å². The third kappa shape index (κ3) is 5.65. The van der Waals surface area contributed by atoms with E-state index >= 15 is 0 Å².